The molecule has 0 aliphatic heterocycles. The van der Waals surface area contributed by atoms with E-state index in [9.17, 15) is 9.59 Å². The second-order valence-corrected chi connectivity index (χ2v) is 7.89. The lowest BCUT2D eigenvalue weighted by molar-refractivity contribution is 0.587. The third-order valence-electron chi connectivity index (χ3n) is 4.71. The van der Waals surface area contributed by atoms with Crippen molar-refractivity contribution < 1.29 is 0 Å². The fourth-order valence-electron chi connectivity index (χ4n) is 3.21. The minimum absolute atomic E-state index is 0.295. The number of rotatable bonds is 7. The number of aromatic nitrogens is 4. The van der Waals surface area contributed by atoms with Crippen molar-refractivity contribution in [2.24, 2.45) is 7.05 Å². The average Bonchev–Trinajstić information content (AvgIpc) is 3.00. The highest BCUT2D eigenvalue weighted by atomic mass is 79.9. The molecule has 28 heavy (non-hydrogen) atoms. The summed E-state index contributed by atoms with van der Waals surface area (Å²) in [5.41, 5.74) is 2.33. The highest BCUT2D eigenvalue weighted by Crippen LogP contribution is 2.21. The highest BCUT2D eigenvalue weighted by molar-refractivity contribution is 9.10. The minimum atomic E-state index is -0.338. The topological polar surface area (TPSA) is 73.8 Å². The Bertz CT molecular complexity index is 1130. The molecule has 0 amide bonds. The molecule has 150 valence electrons. The maximum absolute atomic E-state index is 12.9. The summed E-state index contributed by atoms with van der Waals surface area (Å²) in [5.74, 6) is 0. The first-order valence-electron chi connectivity index (χ1n) is 9.20. The zero-order chi connectivity index (χ0) is 20.4. The van der Waals surface area contributed by atoms with Gasteiger partial charge in [-0.05, 0) is 53.4 Å². The largest absolute Gasteiger partial charge is 0.385 e. The molecule has 9 heteroatoms. The zero-order valence-corrected chi connectivity index (χ0v) is 18.5. The summed E-state index contributed by atoms with van der Waals surface area (Å²) in [5, 5.41) is 4.07. The van der Waals surface area contributed by atoms with Gasteiger partial charge < -0.3 is 9.88 Å². The molecule has 0 aliphatic rings. The van der Waals surface area contributed by atoms with Crippen LogP contribution in [0.3, 0.4) is 0 Å². The quantitative estimate of drug-likeness (QED) is 0.425. The van der Waals surface area contributed by atoms with Crippen LogP contribution in [-0.4, -0.2) is 25.2 Å². The van der Waals surface area contributed by atoms with Gasteiger partial charge in [0.1, 0.15) is 0 Å². The minimum Gasteiger partial charge on any atom is -0.385 e. The number of hydrogen-bond donors (Lipinski definition) is 1. The Balaban J connectivity index is 1.85. The molecule has 7 nitrogen and oxygen atoms in total. The van der Waals surface area contributed by atoms with Crippen LogP contribution in [0.2, 0.25) is 5.02 Å². The van der Waals surface area contributed by atoms with Crippen molar-refractivity contribution in [3.05, 3.63) is 54.4 Å². The van der Waals surface area contributed by atoms with Crippen molar-refractivity contribution in [1.29, 1.82) is 0 Å². The summed E-state index contributed by atoms with van der Waals surface area (Å²) >= 11 is 9.49. The van der Waals surface area contributed by atoms with Crippen molar-refractivity contribution in [1.82, 2.24) is 18.7 Å². The van der Waals surface area contributed by atoms with Crippen molar-refractivity contribution in [3.63, 3.8) is 0 Å². The second-order valence-electron chi connectivity index (χ2n) is 6.74. The van der Waals surface area contributed by atoms with Crippen LogP contribution in [0.25, 0.3) is 11.2 Å². The Labute approximate surface area is 176 Å². The van der Waals surface area contributed by atoms with E-state index in [1.807, 2.05) is 36.6 Å². The van der Waals surface area contributed by atoms with E-state index >= 15 is 0 Å². The molecule has 1 aromatic carbocycles. The van der Waals surface area contributed by atoms with Crippen molar-refractivity contribution in [2.75, 3.05) is 11.9 Å². The van der Waals surface area contributed by atoms with Crippen LogP contribution in [0, 0.1) is 6.92 Å². The standard InChI is InChI=1S/C19H23BrClN5O2/c1-4-9-26-17(27)15-16(24(3)19(26)28)23-18(20)25(15)10-5-8-22-14-11-13(21)7-6-12(14)2/h6-7,11,22H,4-5,8-10H2,1-3H3. The summed E-state index contributed by atoms with van der Waals surface area (Å²) in [4.78, 5) is 29.7. The van der Waals surface area contributed by atoms with Gasteiger partial charge in [0.15, 0.2) is 15.9 Å². The van der Waals surface area contributed by atoms with Gasteiger partial charge in [0.2, 0.25) is 0 Å². The molecular weight excluding hydrogens is 446 g/mol. The number of nitrogens with zero attached hydrogens (tertiary/aromatic N) is 4. The summed E-state index contributed by atoms with van der Waals surface area (Å²) < 4.78 is 5.08. The molecule has 0 bridgehead atoms. The van der Waals surface area contributed by atoms with Crippen molar-refractivity contribution in [2.45, 2.75) is 39.8 Å². The molecule has 0 fully saturated rings. The predicted molar refractivity (Wildman–Crippen MR) is 117 cm³/mol. The van der Waals surface area contributed by atoms with E-state index in [1.54, 1.807) is 7.05 Å². The van der Waals surface area contributed by atoms with E-state index in [0.29, 0.717) is 47.0 Å². The third-order valence-corrected chi connectivity index (χ3v) is 5.55. The van der Waals surface area contributed by atoms with E-state index in [4.69, 9.17) is 11.6 Å². The van der Waals surface area contributed by atoms with Gasteiger partial charge in [-0.1, -0.05) is 24.6 Å². The van der Waals surface area contributed by atoms with E-state index < -0.39 is 0 Å². The van der Waals surface area contributed by atoms with Gasteiger partial charge in [-0.3, -0.25) is 13.9 Å². The van der Waals surface area contributed by atoms with Gasteiger partial charge in [-0.15, -0.1) is 0 Å². The van der Waals surface area contributed by atoms with Crippen LogP contribution >= 0.6 is 27.5 Å². The fraction of sp³-hybridized carbons (Fsp3) is 0.421. The van der Waals surface area contributed by atoms with E-state index in [2.05, 4.69) is 26.2 Å². The molecule has 0 saturated heterocycles. The van der Waals surface area contributed by atoms with Gasteiger partial charge >= 0.3 is 5.69 Å². The van der Waals surface area contributed by atoms with Gasteiger partial charge in [0.05, 0.1) is 0 Å². The number of hydrogen-bond acceptors (Lipinski definition) is 4. The Hall–Kier alpha value is -2.06. The summed E-state index contributed by atoms with van der Waals surface area (Å²) in [6.07, 6.45) is 1.48. The number of halogens is 2. The van der Waals surface area contributed by atoms with Gasteiger partial charge in [-0.2, -0.15) is 0 Å². The highest BCUT2D eigenvalue weighted by Gasteiger charge is 2.18. The van der Waals surface area contributed by atoms with E-state index in [0.717, 1.165) is 17.7 Å². The maximum atomic E-state index is 12.9. The smallest absolute Gasteiger partial charge is 0.332 e. The molecule has 2 aromatic heterocycles. The van der Waals surface area contributed by atoms with E-state index in [-0.39, 0.29) is 11.2 Å². The first-order valence-corrected chi connectivity index (χ1v) is 10.4. The Kier molecular flexibility index (Phi) is 6.30. The fourth-order valence-corrected chi connectivity index (χ4v) is 3.91. The summed E-state index contributed by atoms with van der Waals surface area (Å²) in [6, 6.07) is 5.74. The summed E-state index contributed by atoms with van der Waals surface area (Å²) in [6.45, 7) is 5.65. The van der Waals surface area contributed by atoms with Gasteiger partial charge in [-0.25, -0.2) is 9.78 Å². The molecule has 0 radical (unpaired) electrons. The SMILES string of the molecule is CCCn1c(=O)c2c(nc(Br)n2CCCNc2cc(Cl)ccc2C)n(C)c1=O. The van der Waals surface area contributed by atoms with Crippen LogP contribution in [0.4, 0.5) is 5.69 Å². The Morgan fingerprint density at radius 1 is 1.21 bits per heavy atom. The van der Waals surface area contributed by atoms with Crippen LogP contribution in [0.1, 0.15) is 25.3 Å². The summed E-state index contributed by atoms with van der Waals surface area (Å²) in [7, 11) is 1.64. The lowest BCUT2D eigenvalue weighted by atomic mass is 10.2. The number of aryl methyl sites for hydroxylation is 3. The predicted octanol–water partition coefficient (Wildman–Crippen LogP) is 3.53. The van der Waals surface area contributed by atoms with Crippen molar-refractivity contribution >= 4 is 44.4 Å². The number of fused-ring (bicyclic) bond motifs is 1. The molecule has 0 aliphatic carbocycles. The first-order chi connectivity index (χ1) is 13.3. The van der Waals surface area contributed by atoms with Crippen molar-refractivity contribution in [3.8, 4) is 0 Å². The van der Waals surface area contributed by atoms with Crippen LogP contribution in [0.15, 0.2) is 32.5 Å². The molecule has 0 atom stereocenters. The molecule has 0 saturated carbocycles. The number of anilines is 1. The maximum Gasteiger partial charge on any atom is 0.332 e. The molecule has 0 unspecified atom stereocenters. The van der Waals surface area contributed by atoms with Gasteiger partial charge in [0.25, 0.3) is 5.56 Å². The number of benzene rings is 1. The molecule has 2 heterocycles. The average molecular weight is 469 g/mol. The van der Waals surface area contributed by atoms with Gasteiger partial charge in [0, 0.05) is 37.4 Å². The van der Waals surface area contributed by atoms with Crippen LogP contribution in [-0.2, 0) is 20.1 Å². The van der Waals surface area contributed by atoms with Crippen LogP contribution < -0.4 is 16.6 Å². The lowest BCUT2D eigenvalue weighted by Crippen LogP contribution is -2.39. The molecule has 3 aromatic rings. The zero-order valence-electron chi connectivity index (χ0n) is 16.1. The molecule has 3 rings (SSSR count). The van der Waals surface area contributed by atoms with Crippen LogP contribution in [0.5, 0.6) is 0 Å². The molecule has 1 N–H and O–H groups in total. The lowest BCUT2D eigenvalue weighted by Gasteiger charge is -2.12. The third kappa shape index (κ3) is 3.89. The normalized spacial score (nSPS) is 11.3. The second kappa shape index (κ2) is 8.53. The Morgan fingerprint density at radius 3 is 2.68 bits per heavy atom. The molecule has 0 spiro atoms. The molecular formula is C19H23BrClN5O2. The van der Waals surface area contributed by atoms with E-state index in [1.165, 1.54) is 9.13 Å². The number of imidazole rings is 1. The number of nitrogens with one attached hydrogen (secondary N) is 1. The first kappa shape index (κ1) is 20.7. The monoisotopic (exact) mass is 467 g/mol. The Morgan fingerprint density at radius 2 is 1.96 bits per heavy atom.